The molecule has 1 N–H and O–H groups in total. The molecular formula is C16H25NO2. The number of ether oxygens (including phenoxy) is 1. The Hall–Kier alpha value is -1.06. The Labute approximate surface area is 116 Å². The summed E-state index contributed by atoms with van der Waals surface area (Å²) in [5.41, 5.74) is 0.885. The maximum atomic E-state index is 10.5. The first-order valence-corrected chi connectivity index (χ1v) is 7.18. The second kappa shape index (κ2) is 6.40. The molecule has 3 unspecified atom stereocenters. The van der Waals surface area contributed by atoms with Gasteiger partial charge in [-0.25, -0.2) is 0 Å². The third-order valence-electron chi connectivity index (χ3n) is 4.41. The lowest BCUT2D eigenvalue weighted by Crippen LogP contribution is -2.44. The van der Waals surface area contributed by atoms with E-state index < -0.39 is 6.10 Å². The predicted molar refractivity (Wildman–Crippen MR) is 77.4 cm³/mol. The molecule has 19 heavy (non-hydrogen) atoms. The third kappa shape index (κ3) is 3.28. The van der Waals surface area contributed by atoms with E-state index in [1.54, 1.807) is 7.11 Å². The first-order chi connectivity index (χ1) is 9.13. The molecule has 106 valence electrons. The van der Waals surface area contributed by atoms with Crippen LogP contribution in [0.4, 0.5) is 0 Å². The van der Waals surface area contributed by atoms with Gasteiger partial charge in [0.05, 0.1) is 13.2 Å². The molecule has 1 aromatic rings. The van der Waals surface area contributed by atoms with Crippen LogP contribution in [0.2, 0.25) is 0 Å². The molecule has 0 bridgehead atoms. The number of para-hydroxylation sites is 1. The minimum absolute atomic E-state index is 0.483. The number of rotatable bonds is 4. The minimum atomic E-state index is -0.483. The number of likely N-dealkylation sites (tertiary alicyclic amines) is 1. The molecule has 2 rings (SSSR count). The molecule has 1 aliphatic rings. The Bertz CT molecular complexity index is 407. The zero-order valence-corrected chi connectivity index (χ0v) is 12.2. The fourth-order valence-corrected chi connectivity index (χ4v) is 2.94. The van der Waals surface area contributed by atoms with Crippen LogP contribution in [0.3, 0.4) is 0 Å². The second-order valence-corrected chi connectivity index (χ2v) is 5.61. The number of benzene rings is 1. The van der Waals surface area contributed by atoms with E-state index in [0.29, 0.717) is 18.5 Å². The van der Waals surface area contributed by atoms with Crippen LogP contribution in [0.1, 0.15) is 38.4 Å². The number of nitrogens with zero attached hydrogens (tertiary/aromatic N) is 1. The van der Waals surface area contributed by atoms with Crippen LogP contribution in [-0.2, 0) is 0 Å². The summed E-state index contributed by atoms with van der Waals surface area (Å²) in [5, 5.41) is 10.5. The lowest BCUT2D eigenvalue weighted by atomic mass is 9.91. The van der Waals surface area contributed by atoms with Gasteiger partial charge in [0.15, 0.2) is 0 Å². The van der Waals surface area contributed by atoms with Crippen molar-refractivity contribution >= 4 is 0 Å². The molecule has 0 aromatic heterocycles. The average molecular weight is 263 g/mol. The molecule has 1 aromatic carbocycles. The largest absolute Gasteiger partial charge is 0.496 e. The SMILES string of the molecule is COc1ccccc1C(O)CN1CCCC(C)C1C. The molecule has 0 saturated carbocycles. The van der Waals surface area contributed by atoms with Crippen molar-refractivity contribution in [2.75, 3.05) is 20.2 Å². The van der Waals surface area contributed by atoms with Gasteiger partial charge in [-0.2, -0.15) is 0 Å². The van der Waals surface area contributed by atoms with Crippen molar-refractivity contribution in [1.29, 1.82) is 0 Å². The van der Waals surface area contributed by atoms with Crippen LogP contribution >= 0.6 is 0 Å². The third-order valence-corrected chi connectivity index (χ3v) is 4.41. The number of aliphatic hydroxyl groups is 1. The standard InChI is InChI=1S/C16H25NO2/c1-12-7-6-10-17(13(12)2)11-15(18)14-8-4-5-9-16(14)19-3/h4-5,8-9,12-13,15,18H,6-7,10-11H2,1-3H3. The Morgan fingerprint density at radius 1 is 1.37 bits per heavy atom. The maximum absolute atomic E-state index is 10.5. The van der Waals surface area contributed by atoms with Crippen molar-refractivity contribution in [2.24, 2.45) is 5.92 Å². The molecule has 1 fully saturated rings. The molecule has 3 heteroatoms. The van der Waals surface area contributed by atoms with Crippen molar-refractivity contribution in [1.82, 2.24) is 4.90 Å². The highest BCUT2D eigenvalue weighted by atomic mass is 16.5. The number of methoxy groups -OCH3 is 1. The van der Waals surface area contributed by atoms with E-state index in [1.807, 2.05) is 24.3 Å². The second-order valence-electron chi connectivity index (χ2n) is 5.61. The Morgan fingerprint density at radius 3 is 2.84 bits per heavy atom. The van der Waals surface area contributed by atoms with Gasteiger partial charge in [0.1, 0.15) is 5.75 Å². The van der Waals surface area contributed by atoms with Gasteiger partial charge in [-0.1, -0.05) is 25.1 Å². The van der Waals surface area contributed by atoms with Crippen molar-refractivity contribution < 1.29 is 9.84 Å². The topological polar surface area (TPSA) is 32.7 Å². The van der Waals surface area contributed by atoms with Gasteiger partial charge in [-0.15, -0.1) is 0 Å². The summed E-state index contributed by atoms with van der Waals surface area (Å²) < 4.78 is 5.33. The van der Waals surface area contributed by atoms with E-state index in [1.165, 1.54) is 12.8 Å². The zero-order chi connectivity index (χ0) is 13.8. The van der Waals surface area contributed by atoms with Crippen LogP contribution in [0.5, 0.6) is 5.75 Å². The van der Waals surface area contributed by atoms with Gasteiger partial charge in [-0.3, -0.25) is 4.90 Å². The molecule has 1 saturated heterocycles. The fraction of sp³-hybridized carbons (Fsp3) is 0.625. The van der Waals surface area contributed by atoms with Gasteiger partial charge in [0.2, 0.25) is 0 Å². The number of piperidine rings is 1. The van der Waals surface area contributed by atoms with E-state index in [4.69, 9.17) is 4.74 Å². The van der Waals surface area contributed by atoms with Crippen LogP contribution in [0.15, 0.2) is 24.3 Å². The Kier molecular flexibility index (Phi) is 4.83. The molecule has 3 nitrogen and oxygen atoms in total. The van der Waals surface area contributed by atoms with E-state index in [9.17, 15) is 5.11 Å². The molecule has 0 amide bonds. The summed E-state index contributed by atoms with van der Waals surface area (Å²) >= 11 is 0. The fourth-order valence-electron chi connectivity index (χ4n) is 2.94. The summed E-state index contributed by atoms with van der Waals surface area (Å²) in [4.78, 5) is 2.39. The van der Waals surface area contributed by atoms with Crippen molar-refractivity contribution in [2.45, 2.75) is 38.8 Å². The monoisotopic (exact) mass is 263 g/mol. The number of β-amino-alcohol motifs (C(OH)–C–C–N with tert-alkyl or cyclic N) is 1. The maximum Gasteiger partial charge on any atom is 0.124 e. The predicted octanol–water partition coefficient (Wildman–Crippen LogP) is 2.85. The molecular weight excluding hydrogens is 238 g/mol. The van der Waals surface area contributed by atoms with E-state index in [0.717, 1.165) is 17.9 Å². The highest BCUT2D eigenvalue weighted by Crippen LogP contribution is 2.29. The van der Waals surface area contributed by atoms with E-state index in [2.05, 4.69) is 18.7 Å². The van der Waals surface area contributed by atoms with Gasteiger partial charge in [0, 0.05) is 18.2 Å². The van der Waals surface area contributed by atoms with Crippen molar-refractivity contribution in [3.63, 3.8) is 0 Å². The minimum Gasteiger partial charge on any atom is -0.496 e. The molecule has 0 aliphatic carbocycles. The molecule has 0 radical (unpaired) electrons. The average Bonchev–Trinajstić information content (AvgIpc) is 2.43. The first-order valence-electron chi connectivity index (χ1n) is 7.18. The normalized spacial score (nSPS) is 26.1. The number of hydrogen-bond donors (Lipinski definition) is 1. The number of hydrogen-bond acceptors (Lipinski definition) is 3. The van der Waals surface area contributed by atoms with Crippen molar-refractivity contribution in [3.05, 3.63) is 29.8 Å². The van der Waals surface area contributed by atoms with Gasteiger partial charge >= 0.3 is 0 Å². The summed E-state index contributed by atoms with van der Waals surface area (Å²) in [7, 11) is 1.65. The summed E-state index contributed by atoms with van der Waals surface area (Å²) in [6, 6.07) is 8.27. The zero-order valence-electron chi connectivity index (χ0n) is 12.2. The molecule has 1 heterocycles. The van der Waals surface area contributed by atoms with Gasteiger partial charge < -0.3 is 9.84 Å². The van der Waals surface area contributed by atoms with Crippen LogP contribution < -0.4 is 4.74 Å². The molecule has 0 spiro atoms. The highest BCUT2D eigenvalue weighted by Gasteiger charge is 2.27. The summed E-state index contributed by atoms with van der Waals surface area (Å²) in [6.07, 6.45) is 2.04. The Morgan fingerprint density at radius 2 is 2.11 bits per heavy atom. The van der Waals surface area contributed by atoms with Crippen molar-refractivity contribution in [3.8, 4) is 5.75 Å². The lowest BCUT2D eigenvalue weighted by Gasteiger charge is -2.39. The molecule has 3 atom stereocenters. The van der Waals surface area contributed by atoms with Crippen LogP contribution in [-0.4, -0.2) is 36.2 Å². The van der Waals surface area contributed by atoms with E-state index in [-0.39, 0.29) is 0 Å². The summed E-state index contributed by atoms with van der Waals surface area (Å²) in [6.45, 7) is 6.33. The summed E-state index contributed by atoms with van der Waals surface area (Å²) in [5.74, 6) is 1.48. The van der Waals surface area contributed by atoms with Gasteiger partial charge in [-0.05, 0) is 38.3 Å². The lowest BCUT2D eigenvalue weighted by molar-refractivity contribution is 0.0503. The van der Waals surface area contributed by atoms with Crippen LogP contribution in [0.25, 0.3) is 0 Å². The highest BCUT2D eigenvalue weighted by molar-refractivity contribution is 5.35. The number of aliphatic hydroxyl groups excluding tert-OH is 1. The Balaban J connectivity index is 2.06. The van der Waals surface area contributed by atoms with E-state index >= 15 is 0 Å². The van der Waals surface area contributed by atoms with Gasteiger partial charge in [0.25, 0.3) is 0 Å². The quantitative estimate of drug-likeness (QED) is 0.906. The molecule has 1 aliphatic heterocycles. The smallest absolute Gasteiger partial charge is 0.124 e. The first kappa shape index (κ1) is 14.4. The van der Waals surface area contributed by atoms with Crippen LogP contribution in [0, 0.1) is 5.92 Å².